The van der Waals surface area contributed by atoms with Crippen LogP contribution in [-0.4, -0.2) is 25.4 Å². The quantitative estimate of drug-likeness (QED) is 0.718. The van der Waals surface area contributed by atoms with Crippen LogP contribution in [0, 0.1) is 12.8 Å². The van der Waals surface area contributed by atoms with Crippen LogP contribution in [0.3, 0.4) is 0 Å². The second-order valence-electron chi connectivity index (χ2n) is 6.57. The summed E-state index contributed by atoms with van der Waals surface area (Å²) in [5, 5.41) is 2.83. The van der Waals surface area contributed by atoms with Gasteiger partial charge in [-0.3, -0.25) is 9.59 Å². The van der Waals surface area contributed by atoms with Crippen LogP contribution in [0.1, 0.15) is 24.0 Å². The Labute approximate surface area is 159 Å². The first-order valence-corrected chi connectivity index (χ1v) is 8.95. The first kappa shape index (κ1) is 18.7. The SMILES string of the molecule is COc1cc(/C=C/C(=O)C2CC2)ccc1OCC(=O)Nc1ccccc1C. The van der Waals surface area contributed by atoms with Crippen molar-refractivity contribution >= 4 is 23.5 Å². The fourth-order valence-electron chi connectivity index (χ4n) is 2.63. The molecule has 27 heavy (non-hydrogen) atoms. The highest BCUT2D eigenvalue weighted by Crippen LogP contribution is 2.31. The van der Waals surface area contributed by atoms with Gasteiger partial charge in [0.05, 0.1) is 7.11 Å². The number of ether oxygens (including phenoxy) is 2. The van der Waals surface area contributed by atoms with Gasteiger partial charge in [-0.15, -0.1) is 0 Å². The summed E-state index contributed by atoms with van der Waals surface area (Å²) in [6, 6.07) is 12.9. The van der Waals surface area contributed by atoms with E-state index in [-0.39, 0.29) is 24.2 Å². The van der Waals surface area contributed by atoms with Gasteiger partial charge in [-0.1, -0.05) is 30.3 Å². The Bertz CT molecular complexity index is 868. The van der Waals surface area contributed by atoms with Gasteiger partial charge in [0.15, 0.2) is 23.9 Å². The van der Waals surface area contributed by atoms with E-state index in [1.807, 2.05) is 37.3 Å². The molecule has 1 aliphatic rings. The highest BCUT2D eigenvalue weighted by Gasteiger charge is 2.27. The summed E-state index contributed by atoms with van der Waals surface area (Å²) in [4.78, 5) is 23.9. The third-order valence-corrected chi connectivity index (χ3v) is 4.39. The molecule has 2 aromatic rings. The molecule has 1 amide bonds. The maximum absolute atomic E-state index is 12.1. The van der Waals surface area contributed by atoms with E-state index in [4.69, 9.17) is 9.47 Å². The maximum atomic E-state index is 12.1. The minimum Gasteiger partial charge on any atom is -0.493 e. The van der Waals surface area contributed by atoms with E-state index < -0.39 is 0 Å². The lowest BCUT2D eigenvalue weighted by Crippen LogP contribution is -2.20. The van der Waals surface area contributed by atoms with Crippen LogP contribution < -0.4 is 14.8 Å². The molecule has 0 saturated heterocycles. The smallest absolute Gasteiger partial charge is 0.262 e. The molecule has 0 aromatic heterocycles. The van der Waals surface area contributed by atoms with Crippen molar-refractivity contribution in [3.05, 3.63) is 59.7 Å². The summed E-state index contributed by atoms with van der Waals surface area (Å²) >= 11 is 0. The average Bonchev–Trinajstić information content (AvgIpc) is 3.52. The zero-order valence-corrected chi connectivity index (χ0v) is 15.5. The predicted molar refractivity (Wildman–Crippen MR) is 105 cm³/mol. The number of methoxy groups -OCH3 is 1. The Hall–Kier alpha value is -3.08. The van der Waals surface area contributed by atoms with Crippen LogP contribution in [0.15, 0.2) is 48.5 Å². The number of allylic oxidation sites excluding steroid dienone is 1. The maximum Gasteiger partial charge on any atom is 0.262 e. The highest BCUT2D eigenvalue weighted by molar-refractivity contribution is 5.96. The van der Waals surface area contributed by atoms with Crippen molar-refractivity contribution in [2.75, 3.05) is 19.0 Å². The number of anilines is 1. The third-order valence-electron chi connectivity index (χ3n) is 4.39. The Morgan fingerprint density at radius 1 is 1.15 bits per heavy atom. The van der Waals surface area contributed by atoms with E-state index in [1.165, 1.54) is 0 Å². The number of hydrogen-bond acceptors (Lipinski definition) is 4. The summed E-state index contributed by atoms with van der Waals surface area (Å²) in [5.41, 5.74) is 2.59. The van der Waals surface area contributed by atoms with Gasteiger partial charge in [-0.05, 0) is 55.2 Å². The molecule has 5 nitrogen and oxygen atoms in total. The highest BCUT2D eigenvalue weighted by atomic mass is 16.5. The molecule has 0 bridgehead atoms. The molecule has 0 radical (unpaired) electrons. The Morgan fingerprint density at radius 2 is 1.93 bits per heavy atom. The standard InChI is InChI=1S/C22H23NO4/c1-15-5-3-4-6-18(15)23-22(25)14-27-20-12-8-16(13-21(20)26-2)7-11-19(24)17-9-10-17/h3-8,11-13,17H,9-10,14H2,1-2H3,(H,23,25)/b11-7+. The molecule has 0 heterocycles. The van der Waals surface area contributed by atoms with Gasteiger partial charge in [0.2, 0.25) is 0 Å². The van der Waals surface area contributed by atoms with Gasteiger partial charge in [0.25, 0.3) is 5.91 Å². The second-order valence-corrected chi connectivity index (χ2v) is 6.57. The molecule has 5 heteroatoms. The van der Waals surface area contributed by atoms with Crippen molar-refractivity contribution in [1.82, 2.24) is 0 Å². The molecule has 2 aromatic carbocycles. The predicted octanol–water partition coefficient (Wildman–Crippen LogP) is 4.01. The summed E-state index contributed by atoms with van der Waals surface area (Å²) in [6.07, 6.45) is 5.37. The molecule has 0 unspecified atom stereocenters. The Kier molecular flexibility index (Phi) is 5.91. The van der Waals surface area contributed by atoms with E-state index in [2.05, 4.69) is 5.32 Å². The van der Waals surface area contributed by atoms with E-state index >= 15 is 0 Å². The lowest BCUT2D eigenvalue weighted by Gasteiger charge is -2.12. The summed E-state index contributed by atoms with van der Waals surface area (Å²) in [7, 11) is 1.54. The van der Waals surface area contributed by atoms with E-state index in [0.717, 1.165) is 29.7 Å². The number of benzene rings is 2. The first-order chi connectivity index (χ1) is 13.1. The largest absolute Gasteiger partial charge is 0.493 e. The van der Waals surface area contributed by atoms with Gasteiger partial charge in [-0.25, -0.2) is 0 Å². The van der Waals surface area contributed by atoms with Crippen molar-refractivity contribution in [2.24, 2.45) is 5.92 Å². The van der Waals surface area contributed by atoms with Crippen molar-refractivity contribution in [2.45, 2.75) is 19.8 Å². The monoisotopic (exact) mass is 365 g/mol. The zero-order valence-electron chi connectivity index (χ0n) is 15.5. The van der Waals surface area contributed by atoms with E-state index in [9.17, 15) is 9.59 Å². The Morgan fingerprint density at radius 3 is 2.63 bits per heavy atom. The van der Waals surface area contributed by atoms with Crippen LogP contribution in [0.25, 0.3) is 6.08 Å². The molecule has 140 valence electrons. The van der Waals surface area contributed by atoms with Crippen molar-refractivity contribution < 1.29 is 19.1 Å². The third kappa shape index (κ3) is 5.20. The van der Waals surface area contributed by atoms with Gasteiger partial charge < -0.3 is 14.8 Å². The second kappa shape index (κ2) is 8.54. The summed E-state index contributed by atoms with van der Waals surface area (Å²) in [5.74, 6) is 1.12. The number of nitrogens with one attached hydrogen (secondary N) is 1. The normalized spacial score (nSPS) is 13.4. The van der Waals surface area contributed by atoms with Crippen molar-refractivity contribution in [3.8, 4) is 11.5 Å². The molecule has 0 atom stereocenters. The molecule has 1 aliphatic carbocycles. The molecule has 1 N–H and O–H groups in total. The summed E-state index contributed by atoms with van der Waals surface area (Å²) < 4.78 is 10.9. The number of para-hydroxylation sites is 1. The van der Waals surface area contributed by atoms with Gasteiger partial charge in [-0.2, -0.15) is 0 Å². The number of rotatable bonds is 8. The van der Waals surface area contributed by atoms with Crippen molar-refractivity contribution in [3.63, 3.8) is 0 Å². The fourth-order valence-corrected chi connectivity index (χ4v) is 2.63. The van der Waals surface area contributed by atoms with Crippen LogP contribution in [0.2, 0.25) is 0 Å². The van der Waals surface area contributed by atoms with Gasteiger partial charge in [0, 0.05) is 11.6 Å². The number of ketones is 1. The number of amides is 1. The molecular weight excluding hydrogens is 342 g/mol. The fraction of sp³-hybridized carbons (Fsp3) is 0.273. The molecule has 0 spiro atoms. The molecule has 0 aliphatic heterocycles. The first-order valence-electron chi connectivity index (χ1n) is 8.95. The molecular formula is C22H23NO4. The lowest BCUT2D eigenvalue weighted by molar-refractivity contribution is -0.118. The van der Waals surface area contributed by atoms with E-state index in [1.54, 1.807) is 31.4 Å². The number of aryl methyl sites for hydroxylation is 1. The summed E-state index contributed by atoms with van der Waals surface area (Å²) in [6.45, 7) is 1.81. The molecule has 3 rings (SSSR count). The van der Waals surface area contributed by atoms with E-state index in [0.29, 0.717) is 11.5 Å². The average molecular weight is 365 g/mol. The van der Waals surface area contributed by atoms with Crippen LogP contribution >= 0.6 is 0 Å². The molecule has 1 fully saturated rings. The number of carbonyl (C=O) groups is 2. The Balaban J connectivity index is 1.60. The van der Waals surface area contributed by atoms with Gasteiger partial charge in [0.1, 0.15) is 0 Å². The molecule has 1 saturated carbocycles. The van der Waals surface area contributed by atoms with Crippen LogP contribution in [0.4, 0.5) is 5.69 Å². The van der Waals surface area contributed by atoms with Crippen molar-refractivity contribution in [1.29, 1.82) is 0 Å². The topological polar surface area (TPSA) is 64.6 Å². The van der Waals surface area contributed by atoms with Crippen LogP contribution in [-0.2, 0) is 9.59 Å². The minimum absolute atomic E-state index is 0.125. The number of hydrogen-bond donors (Lipinski definition) is 1. The van der Waals surface area contributed by atoms with Gasteiger partial charge >= 0.3 is 0 Å². The zero-order chi connectivity index (χ0) is 19.2. The van der Waals surface area contributed by atoms with Crippen LogP contribution in [0.5, 0.6) is 11.5 Å². The number of carbonyl (C=O) groups excluding carboxylic acids is 2. The minimum atomic E-state index is -0.245. The lowest BCUT2D eigenvalue weighted by atomic mass is 10.1.